The Balaban J connectivity index is 1.79. The Hall–Kier alpha value is -2.47. The Labute approximate surface area is 152 Å². The highest BCUT2D eigenvalue weighted by Gasteiger charge is 2.04. The van der Waals surface area contributed by atoms with E-state index in [1.807, 2.05) is 18.2 Å². The molecule has 0 atom stereocenters. The van der Waals surface area contributed by atoms with Crippen LogP contribution in [0.4, 0.5) is 0 Å². The smallest absolute Gasteiger partial charge is 0.250 e. The van der Waals surface area contributed by atoms with Gasteiger partial charge in [0.05, 0.1) is 26.2 Å². The van der Waals surface area contributed by atoms with Crippen LogP contribution in [-0.2, 0) is 10.5 Å². The number of hydrogen-bond donors (Lipinski definition) is 1. The van der Waals surface area contributed by atoms with Gasteiger partial charge in [-0.15, -0.1) is 11.8 Å². The Morgan fingerprint density at radius 2 is 1.92 bits per heavy atom. The molecule has 0 aromatic heterocycles. The van der Waals surface area contributed by atoms with E-state index in [0.29, 0.717) is 17.3 Å². The van der Waals surface area contributed by atoms with Crippen molar-refractivity contribution in [2.24, 2.45) is 5.10 Å². The molecular weight excluding hydrogens is 336 g/mol. The van der Waals surface area contributed by atoms with Crippen molar-refractivity contribution in [3.8, 4) is 11.5 Å². The maximum atomic E-state index is 11.8. The molecular formula is C19H22N2O3S. The highest BCUT2D eigenvalue weighted by Crippen LogP contribution is 2.26. The number of hydrogen-bond acceptors (Lipinski definition) is 5. The van der Waals surface area contributed by atoms with Crippen LogP contribution in [0.5, 0.6) is 11.5 Å². The van der Waals surface area contributed by atoms with Gasteiger partial charge in [0, 0.05) is 5.75 Å². The van der Waals surface area contributed by atoms with Crippen molar-refractivity contribution in [3.05, 3.63) is 59.2 Å². The van der Waals surface area contributed by atoms with Gasteiger partial charge in [0.15, 0.2) is 11.5 Å². The molecule has 0 aliphatic carbocycles. The number of nitrogens with zero attached hydrogens (tertiary/aromatic N) is 1. The van der Waals surface area contributed by atoms with Crippen LogP contribution in [0.3, 0.4) is 0 Å². The van der Waals surface area contributed by atoms with Crippen LogP contribution in [0, 0.1) is 6.92 Å². The number of hydrazone groups is 1. The second-order valence-corrected chi connectivity index (χ2v) is 6.31. The molecule has 0 bridgehead atoms. The van der Waals surface area contributed by atoms with Gasteiger partial charge in [0.1, 0.15) is 0 Å². The Bertz CT molecular complexity index is 747. The van der Waals surface area contributed by atoms with E-state index in [2.05, 4.69) is 29.6 Å². The molecule has 132 valence electrons. The van der Waals surface area contributed by atoms with E-state index in [9.17, 15) is 4.79 Å². The Kier molecular flexibility index (Phi) is 7.35. The molecule has 25 heavy (non-hydrogen) atoms. The number of benzene rings is 2. The molecule has 0 unspecified atom stereocenters. The molecule has 2 aromatic carbocycles. The molecule has 2 aromatic rings. The fraction of sp³-hybridized carbons (Fsp3) is 0.263. The SMILES string of the molecule is COc1ccc(C=NNC(=O)CSCc2ccccc2C)cc1OC. The van der Waals surface area contributed by atoms with Crippen molar-refractivity contribution >= 4 is 23.9 Å². The molecule has 2 rings (SSSR count). The molecule has 0 saturated carbocycles. The monoisotopic (exact) mass is 358 g/mol. The van der Waals surface area contributed by atoms with Gasteiger partial charge in [-0.05, 0) is 41.8 Å². The molecule has 1 amide bonds. The first-order valence-corrected chi connectivity index (χ1v) is 8.95. The Morgan fingerprint density at radius 1 is 1.16 bits per heavy atom. The zero-order chi connectivity index (χ0) is 18.1. The molecule has 6 heteroatoms. The van der Waals surface area contributed by atoms with Crippen molar-refractivity contribution in [2.75, 3.05) is 20.0 Å². The Morgan fingerprint density at radius 3 is 2.64 bits per heavy atom. The number of carbonyl (C=O) groups is 1. The summed E-state index contributed by atoms with van der Waals surface area (Å²) in [6.45, 7) is 2.07. The summed E-state index contributed by atoms with van der Waals surface area (Å²) in [6.07, 6.45) is 1.58. The first kappa shape index (κ1) is 18.9. The number of rotatable bonds is 8. The minimum Gasteiger partial charge on any atom is -0.493 e. The summed E-state index contributed by atoms with van der Waals surface area (Å²) < 4.78 is 10.4. The molecule has 0 aliphatic heterocycles. The van der Waals surface area contributed by atoms with Crippen molar-refractivity contribution < 1.29 is 14.3 Å². The second kappa shape index (κ2) is 9.74. The van der Waals surface area contributed by atoms with E-state index in [1.54, 1.807) is 44.3 Å². The quantitative estimate of drug-likeness (QED) is 0.580. The summed E-state index contributed by atoms with van der Waals surface area (Å²) in [5.41, 5.74) is 5.83. The number of carbonyl (C=O) groups excluding carboxylic acids is 1. The third-order valence-corrected chi connectivity index (χ3v) is 4.54. The van der Waals surface area contributed by atoms with Crippen LogP contribution in [-0.4, -0.2) is 32.1 Å². The fourth-order valence-electron chi connectivity index (χ4n) is 2.17. The topological polar surface area (TPSA) is 59.9 Å². The standard InChI is InChI=1S/C19H22N2O3S/c1-14-6-4-5-7-16(14)12-25-13-19(22)21-20-11-15-8-9-17(23-2)18(10-15)24-3/h4-11H,12-13H2,1-3H3,(H,21,22). The summed E-state index contributed by atoms with van der Waals surface area (Å²) in [5.74, 6) is 2.30. The summed E-state index contributed by atoms with van der Waals surface area (Å²) in [7, 11) is 3.16. The summed E-state index contributed by atoms with van der Waals surface area (Å²) in [4.78, 5) is 11.8. The summed E-state index contributed by atoms with van der Waals surface area (Å²) >= 11 is 1.56. The van der Waals surface area contributed by atoms with Gasteiger partial charge in [0.2, 0.25) is 5.91 Å². The third kappa shape index (κ3) is 5.83. The average Bonchev–Trinajstić information content (AvgIpc) is 2.63. The van der Waals surface area contributed by atoms with E-state index in [0.717, 1.165) is 11.3 Å². The minimum atomic E-state index is -0.129. The zero-order valence-corrected chi connectivity index (χ0v) is 15.4. The zero-order valence-electron chi connectivity index (χ0n) is 14.6. The number of nitrogens with one attached hydrogen (secondary N) is 1. The maximum Gasteiger partial charge on any atom is 0.250 e. The fourth-order valence-corrected chi connectivity index (χ4v) is 3.07. The molecule has 0 heterocycles. The van der Waals surface area contributed by atoms with E-state index in [1.165, 1.54) is 11.1 Å². The van der Waals surface area contributed by atoms with Gasteiger partial charge < -0.3 is 9.47 Å². The van der Waals surface area contributed by atoms with Gasteiger partial charge in [-0.3, -0.25) is 4.79 Å². The van der Waals surface area contributed by atoms with Crippen LogP contribution >= 0.6 is 11.8 Å². The first-order valence-electron chi connectivity index (χ1n) is 7.80. The predicted molar refractivity (Wildman–Crippen MR) is 103 cm³/mol. The number of thioether (sulfide) groups is 1. The molecule has 0 radical (unpaired) electrons. The highest BCUT2D eigenvalue weighted by molar-refractivity contribution is 7.99. The number of amides is 1. The van der Waals surface area contributed by atoms with Crippen molar-refractivity contribution in [3.63, 3.8) is 0 Å². The number of ether oxygens (including phenoxy) is 2. The largest absolute Gasteiger partial charge is 0.493 e. The maximum absolute atomic E-state index is 11.8. The van der Waals surface area contributed by atoms with Crippen molar-refractivity contribution in [2.45, 2.75) is 12.7 Å². The van der Waals surface area contributed by atoms with E-state index >= 15 is 0 Å². The van der Waals surface area contributed by atoms with Gasteiger partial charge >= 0.3 is 0 Å². The lowest BCUT2D eigenvalue weighted by atomic mass is 10.1. The summed E-state index contributed by atoms with van der Waals surface area (Å²) in [6, 6.07) is 13.6. The van der Waals surface area contributed by atoms with Crippen LogP contribution in [0.1, 0.15) is 16.7 Å². The lowest BCUT2D eigenvalue weighted by molar-refractivity contribution is -0.118. The van der Waals surface area contributed by atoms with Crippen molar-refractivity contribution in [1.82, 2.24) is 5.43 Å². The molecule has 0 spiro atoms. The summed E-state index contributed by atoms with van der Waals surface area (Å²) in [5, 5.41) is 3.98. The van der Waals surface area contributed by atoms with E-state index in [4.69, 9.17) is 9.47 Å². The lowest BCUT2D eigenvalue weighted by Crippen LogP contribution is -2.19. The predicted octanol–water partition coefficient (Wildman–Crippen LogP) is 3.40. The number of aryl methyl sites for hydroxylation is 1. The van der Waals surface area contributed by atoms with Gasteiger partial charge in [-0.25, -0.2) is 5.43 Å². The molecule has 0 aliphatic rings. The molecule has 0 fully saturated rings. The van der Waals surface area contributed by atoms with Crippen LogP contribution in [0.2, 0.25) is 0 Å². The van der Waals surface area contributed by atoms with Gasteiger partial charge in [-0.2, -0.15) is 5.10 Å². The van der Waals surface area contributed by atoms with Crippen LogP contribution in [0.15, 0.2) is 47.6 Å². The molecule has 0 saturated heterocycles. The molecule has 1 N–H and O–H groups in total. The minimum absolute atomic E-state index is 0.129. The highest BCUT2D eigenvalue weighted by atomic mass is 32.2. The first-order chi connectivity index (χ1) is 12.1. The van der Waals surface area contributed by atoms with E-state index in [-0.39, 0.29) is 5.91 Å². The number of methoxy groups -OCH3 is 2. The van der Waals surface area contributed by atoms with Gasteiger partial charge in [-0.1, -0.05) is 24.3 Å². The van der Waals surface area contributed by atoms with Crippen LogP contribution in [0.25, 0.3) is 0 Å². The second-order valence-electron chi connectivity index (χ2n) is 5.33. The normalized spacial score (nSPS) is 10.7. The third-order valence-electron chi connectivity index (χ3n) is 3.56. The molecule has 5 nitrogen and oxygen atoms in total. The van der Waals surface area contributed by atoms with E-state index < -0.39 is 0 Å². The average molecular weight is 358 g/mol. The van der Waals surface area contributed by atoms with Crippen LogP contribution < -0.4 is 14.9 Å². The lowest BCUT2D eigenvalue weighted by Gasteiger charge is -2.07. The van der Waals surface area contributed by atoms with Crippen molar-refractivity contribution in [1.29, 1.82) is 0 Å². The van der Waals surface area contributed by atoms with Gasteiger partial charge in [0.25, 0.3) is 0 Å².